The highest BCUT2D eigenvalue weighted by Gasteiger charge is 2.11. The molecule has 0 radical (unpaired) electrons. The fourth-order valence-electron chi connectivity index (χ4n) is 1.66. The number of hydrogen-bond donors (Lipinski definition) is 1. The molecule has 0 saturated carbocycles. The van der Waals surface area contributed by atoms with Crippen LogP contribution in [0.1, 0.15) is 10.6 Å². The van der Waals surface area contributed by atoms with Crippen molar-refractivity contribution in [2.24, 2.45) is 0 Å². The van der Waals surface area contributed by atoms with Gasteiger partial charge in [-0.15, -0.1) is 0 Å². The summed E-state index contributed by atoms with van der Waals surface area (Å²) < 4.78 is 5.21. The van der Waals surface area contributed by atoms with Crippen LogP contribution in [0.5, 0.6) is 0 Å². The van der Waals surface area contributed by atoms with E-state index in [2.05, 4.69) is 10.2 Å². The SMILES string of the molecule is O=C(O)c1ccc(Sc2cnnc3ccccc23)o1. The van der Waals surface area contributed by atoms with Gasteiger partial charge < -0.3 is 9.52 Å². The fraction of sp³-hybridized carbons (Fsp3) is 0. The highest BCUT2D eigenvalue weighted by Crippen LogP contribution is 2.33. The number of carbonyl (C=O) groups is 1. The highest BCUT2D eigenvalue weighted by atomic mass is 32.2. The third-order valence-corrected chi connectivity index (χ3v) is 3.48. The van der Waals surface area contributed by atoms with Crippen molar-refractivity contribution >= 4 is 28.6 Å². The molecule has 1 N–H and O–H groups in total. The largest absolute Gasteiger partial charge is 0.475 e. The van der Waals surface area contributed by atoms with Crippen LogP contribution in [0.25, 0.3) is 10.9 Å². The van der Waals surface area contributed by atoms with Crippen molar-refractivity contribution in [2.75, 3.05) is 0 Å². The topological polar surface area (TPSA) is 76.2 Å². The predicted octanol–water partition coefficient (Wildman–Crippen LogP) is 3.07. The zero-order chi connectivity index (χ0) is 13.2. The van der Waals surface area contributed by atoms with Gasteiger partial charge >= 0.3 is 5.97 Å². The van der Waals surface area contributed by atoms with Gasteiger partial charge in [0.1, 0.15) is 0 Å². The molecule has 6 heteroatoms. The molecule has 0 bridgehead atoms. The van der Waals surface area contributed by atoms with Gasteiger partial charge in [0, 0.05) is 10.3 Å². The fourth-order valence-corrected chi connectivity index (χ4v) is 2.53. The van der Waals surface area contributed by atoms with Crippen LogP contribution >= 0.6 is 11.8 Å². The summed E-state index contributed by atoms with van der Waals surface area (Å²) in [5, 5.41) is 18.2. The van der Waals surface area contributed by atoms with Crippen molar-refractivity contribution in [1.82, 2.24) is 10.2 Å². The molecule has 5 nitrogen and oxygen atoms in total. The number of carboxylic acids is 1. The van der Waals surface area contributed by atoms with Gasteiger partial charge in [-0.2, -0.15) is 10.2 Å². The summed E-state index contributed by atoms with van der Waals surface area (Å²) in [6.45, 7) is 0. The number of rotatable bonds is 3. The average Bonchev–Trinajstić information content (AvgIpc) is 2.88. The van der Waals surface area contributed by atoms with Crippen molar-refractivity contribution < 1.29 is 14.3 Å². The van der Waals surface area contributed by atoms with Crippen LogP contribution in [0.4, 0.5) is 0 Å². The average molecular weight is 272 g/mol. The molecule has 0 aliphatic heterocycles. The van der Waals surface area contributed by atoms with Crippen LogP contribution in [0.15, 0.2) is 57.0 Å². The maximum absolute atomic E-state index is 10.8. The summed E-state index contributed by atoms with van der Waals surface area (Å²) >= 11 is 1.32. The second kappa shape index (κ2) is 4.74. The number of carboxylic acid groups (broad SMARTS) is 1. The lowest BCUT2D eigenvalue weighted by molar-refractivity contribution is 0.0656. The maximum atomic E-state index is 10.8. The van der Waals surface area contributed by atoms with Gasteiger partial charge in [0.25, 0.3) is 0 Å². The molecule has 3 aromatic rings. The molecule has 0 amide bonds. The molecule has 3 rings (SSSR count). The Morgan fingerprint density at radius 3 is 2.84 bits per heavy atom. The van der Waals surface area contributed by atoms with E-state index in [0.29, 0.717) is 5.09 Å². The second-order valence-corrected chi connectivity index (χ2v) is 4.80. The van der Waals surface area contributed by atoms with Crippen molar-refractivity contribution in [2.45, 2.75) is 9.99 Å². The van der Waals surface area contributed by atoms with Gasteiger partial charge in [0.05, 0.1) is 11.7 Å². The molecular formula is C13H8N2O3S. The summed E-state index contributed by atoms with van der Waals surface area (Å²) in [5.74, 6) is -1.15. The normalized spacial score (nSPS) is 10.7. The number of aromatic nitrogens is 2. The summed E-state index contributed by atoms with van der Waals surface area (Å²) in [7, 11) is 0. The minimum absolute atomic E-state index is 0.0752. The number of hydrogen-bond acceptors (Lipinski definition) is 5. The minimum atomic E-state index is -1.08. The Labute approximate surface area is 112 Å². The monoisotopic (exact) mass is 272 g/mol. The van der Waals surface area contributed by atoms with Crippen molar-refractivity contribution in [3.8, 4) is 0 Å². The second-order valence-electron chi connectivity index (χ2n) is 3.75. The number of fused-ring (bicyclic) bond motifs is 1. The lowest BCUT2D eigenvalue weighted by atomic mass is 10.2. The van der Waals surface area contributed by atoms with E-state index >= 15 is 0 Å². The standard InChI is InChI=1S/C13H8N2O3S/c16-13(17)10-5-6-12(18-10)19-11-7-14-15-9-4-2-1-3-8(9)11/h1-7H,(H,16,17). The minimum Gasteiger partial charge on any atom is -0.475 e. The van der Waals surface area contributed by atoms with E-state index in [9.17, 15) is 4.79 Å². The van der Waals surface area contributed by atoms with Crippen LogP contribution in [0, 0.1) is 0 Å². The zero-order valence-corrected chi connectivity index (χ0v) is 10.4. The number of benzene rings is 1. The molecule has 0 fully saturated rings. The third kappa shape index (κ3) is 2.30. The van der Waals surface area contributed by atoms with E-state index in [1.807, 2.05) is 24.3 Å². The smallest absolute Gasteiger partial charge is 0.371 e. The Morgan fingerprint density at radius 1 is 1.21 bits per heavy atom. The quantitative estimate of drug-likeness (QED) is 0.789. The first-order valence-electron chi connectivity index (χ1n) is 5.45. The lowest BCUT2D eigenvalue weighted by Gasteiger charge is -2.01. The molecule has 19 heavy (non-hydrogen) atoms. The van der Waals surface area contributed by atoms with Crippen LogP contribution in [-0.2, 0) is 0 Å². The predicted molar refractivity (Wildman–Crippen MR) is 69.3 cm³/mol. The molecule has 0 aliphatic rings. The van der Waals surface area contributed by atoms with Crippen molar-refractivity contribution in [3.63, 3.8) is 0 Å². The highest BCUT2D eigenvalue weighted by molar-refractivity contribution is 7.99. The Bertz CT molecular complexity index is 749. The molecule has 0 unspecified atom stereocenters. The Balaban J connectivity index is 1.98. The first kappa shape index (κ1) is 11.7. The van der Waals surface area contributed by atoms with Crippen molar-refractivity contribution in [1.29, 1.82) is 0 Å². The van der Waals surface area contributed by atoms with Gasteiger partial charge in [-0.25, -0.2) is 4.79 Å². The van der Waals surface area contributed by atoms with E-state index < -0.39 is 5.97 Å². The summed E-state index contributed by atoms with van der Waals surface area (Å²) in [6, 6.07) is 10.7. The molecule has 0 saturated heterocycles. The van der Waals surface area contributed by atoms with Crippen LogP contribution in [0.3, 0.4) is 0 Å². The first-order valence-corrected chi connectivity index (χ1v) is 6.27. The van der Waals surface area contributed by atoms with E-state index in [4.69, 9.17) is 9.52 Å². The van der Waals surface area contributed by atoms with Crippen LogP contribution in [0.2, 0.25) is 0 Å². The molecule has 0 spiro atoms. The maximum Gasteiger partial charge on any atom is 0.371 e. The number of nitrogens with zero attached hydrogens (tertiary/aromatic N) is 2. The zero-order valence-electron chi connectivity index (χ0n) is 9.61. The molecule has 0 atom stereocenters. The van der Waals surface area contributed by atoms with Gasteiger partial charge in [-0.3, -0.25) is 0 Å². The van der Waals surface area contributed by atoms with Gasteiger partial charge in [0.15, 0.2) is 5.09 Å². The number of aromatic carboxylic acids is 1. The molecule has 2 heterocycles. The van der Waals surface area contributed by atoms with Gasteiger partial charge in [-0.1, -0.05) is 18.2 Å². The molecule has 0 aliphatic carbocycles. The molecule has 2 aromatic heterocycles. The first-order chi connectivity index (χ1) is 9.24. The number of furan rings is 1. The van der Waals surface area contributed by atoms with Crippen LogP contribution < -0.4 is 0 Å². The molecule has 94 valence electrons. The Hall–Kier alpha value is -2.34. The lowest BCUT2D eigenvalue weighted by Crippen LogP contribution is -1.91. The van der Waals surface area contributed by atoms with Crippen molar-refractivity contribution in [3.05, 3.63) is 48.4 Å². The van der Waals surface area contributed by atoms with E-state index in [-0.39, 0.29) is 5.76 Å². The summed E-state index contributed by atoms with van der Waals surface area (Å²) in [4.78, 5) is 11.6. The van der Waals surface area contributed by atoms with E-state index in [1.165, 1.54) is 17.8 Å². The Morgan fingerprint density at radius 2 is 2.05 bits per heavy atom. The van der Waals surface area contributed by atoms with E-state index in [0.717, 1.165) is 15.8 Å². The van der Waals surface area contributed by atoms with Gasteiger partial charge in [0.2, 0.25) is 5.76 Å². The third-order valence-electron chi connectivity index (χ3n) is 2.51. The summed E-state index contributed by atoms with van der Waals surface area (Å²) in [6.07, 6.45) is 1.63. The van der Waals surface area contributed by atoms with Crippen LogP contribution in [-0.4, -0.2) is 21.3 Å². The van der Waals surface area contributed by atoms with E-state index in [1.54, 1.807) is 12.3 Å². The molecular weight excluding hydrogens is 264 g/mol. The van der Waals surface area contributed by atoms with Gasteiger partial charge in [-0.05, 0) is 30.0 Å². The Kier molecular flexibility index (Phi) is 2.92. The summed E-state index contributed by atoms with van der Waals surface area (Å²) in [5.41, 5.74) is 0.789. The molecule has 1 aromatic carbocycles.